The van der Waals surface area contributed by atoms with Gasteiger partial charge in [-0.15, -0.1) is 0 Å². The van der Waals surface area contributed by atoms with Crippen LogP contribution in [0.1, 0.15) is 11.3 Å². The number of hydrogen-bond acceptors (Lipinski definition) is 5. The van der Waals surface area contributed by atoms with E-state index in [0.29, 0.717) is 25.5 Å². The molecular formula is C18H24N4O3. The van der Waals surface area contributed by atoms with Crippen molar-refractivity contribution in [1.29, 1.82) is 0 Å². The third kappa shape index (κ3) is 3.77. The highest BCUT2D eigenvalue weighted by Gasteiger charge is 2.38. The lowest BCUT2D eigenvalue weighted by Crippen LogP contribution is -2.34. The van der Waals surface area contributed by atoms with Crippen LogP contribution in [0.15, 0.2) is 35.2 Å². The van der Waals surface area contributed by atoms with E-state index in [2.05, 4.69) is 16.2 Å². The van der Waals surface area contributed by atoms with Crippen LogP contribution >= 0.6 is 0 Å². The number of amides is 1. The minimum atomic E-state index is 0.116. The number of aryl methyl sites for hydroxylation is 1. The molecule has 134 valence electrons. The molecule has 0 unspecified atom stereocenters. The zero-order valence-corrected chi connectivity index (χ0v) is 14.5. The normalized spacial score (nSPS) is 24.3. The molecule has 4 rings (SSSR count). The van der Waals surface area contributed by atoms with Crippen LogP contribution in [0.5, 0.6) is 0 Å². The first-order valence-corrected chi connectivity index (χ1v) is 8.79. The van der Waals surface area contributed by atoms with Crippen LogP contribution in [-0.4, -0.2) is 64.4 Å². The van der Waals surface area contributed by atoms with Crippen molar-refractivity contribution in [2.24, 2.45) is 13.0 Å². The maximum Gasteiger partial charge on any atom is 0.230 e. The van der Waals surface area contributed by atoms with Gasteiger partial charge in [0.25, 0.3) is 0 Å². The molecule has 0 aromatic carbocycles. The Morgan fingerprint density at radius 2 is 2.28 bits per heavy atom. The number of carbonyl (C=O) groups is 1. The lowest BCUT2D eigenvalue weighted by atomic mass is 10.1. The molecule has 2 aromatic rings. The number of carbonyl (C=O) groups excluding carboxylic acids is 1. The second-order valence-corrected chi connectivity index (χ2v) is 6.98. The van der Waals surface area contributed by atoms with Gasteiger partial charge in [0, 0.05) is 57.4 Å². The van der Waals surface area contributed by atoms with E-state index < -0.39 is 0 Å². The van der Waals surface area contributed by atoms with Gasteiger partial charge in [0.05, 0.1) is 31.6 Å². The standard InChI is InChI=1S/C18H24N4O3/c1-20-9-14(8-19-20)10-21-4-6-25-17-13-22(12-15(17)11-21)18(23)7-16-3-2-5-24-16/h2-3,5,8-9,15,17H,4,6-7,10-13H2,1H3/t15-,17+/m1/s1. The van der Waals surface area contributed by atoms with Gasteiger partial charge < -0.3 is 14.1 Å². The molecule has 4 heterocycles. The Balaban J connectivity index is 1.36. The largest absolute Gasteiger partial charge is 0.469 e. The van der Waals surface area contributed by atoms with E-state index in [1.165, 1.54) is 5.56 Å². The zero-order valence-electron chi connectivity index (χ0n) is 14.5. The molecule has 0 aliphatic carbocycles. The van der Waals surface area contributed by atoms with Gasteiger partial charge in [0.2, 0.25) is 5.91 Å². The maximum absolute atomic E-state index is 12.5. The van der Waals surface area contributed by atoms with Crippen LogP contribution < -0.4 is 0 Å². The first-order chi connectivity index (χ1) is 12.2. The number of hydrogen-bond donors (Lipinski definition) is 0. The quantitative estimate of drug-likeness (QED) is 0.825. The topological polar surface area (TPSA) is 63.7 Å². The van der Waals surface area contributed by atoms with E-state index >= 15 is 0 Å². The third-order valence-corrected chi connectivity index (χ3v) is 5.04. The van der Waals surface area contributed by atoms with Crippen LogP contribution in [0.3, 0.4) is 0 Å². The van der Waals surface area contributed by atoms with Gasteiger partial charge in [-0.1, -0.05) is 0 Å². The molecule has 2 aliphatic heterocycles. The lowest BCUT2D eigenvalue weighted by molar-refractivity contribution is -0.130. The monoisotopic (exact) mass is 344 g/mol. The molecule has 2 aromatic heterocycles. The van der Waals surface area contributed by atoms with Crippen molar-refractivity contribution in [3.8, 4) is 0 Å². The lowest BCUT2D eigenvalue weighted by Gasteiger charge is -2.22. The molecule has 0 N–H and O–H groups in total. The molecule has 2 atom stereocenters. The SMILES string of the molecule is Cn1cc(CN2CCO[C@H]3CN(C(=O)Cc4ccco4)C[C@H]3C2)cn1. The van der Waals surface area contributed by atoms with Crippen molar-refractivity contribution >= 4 is 5.91 Å². The predicted molar refractivity (Wildman–Crippen MR) is 90.7 cm³/mol. The number of fused-ring (bicyclic) bond motifs is 1. The van der Waals surface area contributed by atoms with E-state index in [1.54, 1.807) is 6.26 Å². The Hall–Kier alpha value is -2.12. The van der Waals surface area contributed by atoms with Crippen LogP contribution in [0, 0.1) is 5.92 Å². The second kappa shape index (κ2) is 7.01. The van der Waals surface area contributed by atoms with Crippen molar-refractivity contribution in [2.75, 3.05) is 32.8 Å². The first kappa shape index (κ1) is 16.4. The summed E-state index contributed by atoms with van der Waals surface area (Å²) in [6, 6.07) is 3.66. The smallest absolute Gasteiger partial charge is 0.230 e. The highest BCUT2D eigenvalue weighted by atomic mass is 16.5. The van der Waals surface area contributed by atoms with Gasteiger partial charge in [0.1, 0.15) is 5.76 Å². The molecule has 7 heteroatoms. The van der Waals surface area contributed by atoms with E-state index in [4.69, 9.17) is 9.15 Å². The van der Waals surface area contributed by atoms with Crippen molar-refractivity contribution < 1.29 is 13.9 Å². The average Bonchev–Trinajstić information content (AvgIpc) is 3.29. The van der Waals surface area contributed by atoms with Gasteiger partial charge >= 0.3 is 0 Å². The van der Waals surface area contributed by atoms with Crippen LogP contribution in [0.2, 0.25) is 0 Å². The molecule has 25 heavy (non-hydrogen) atoms. The van der Waals surface area contributed by atoms with Crippen LogP contribution in [0.25, 0.3) is 0 Å². The predicted octanol–water partition coefficient (Wildman–Crippen LogP) is 0.915. The summed E-state index contributed by atoms with van der Waals surface area (Å²) in [5.41, 5.74) is 1.21. The molecule has 2 fully saturated rings. The van der Waals surface area contributed by atoms with Crippen LogP contribution in [0.4, 0.5) is 0 Å². The fourth-order valence-corrected chi connectivity index (χ4v) is 3.79. The van der Waals surface area contributed by atoms with E-state index in [-0.39, 0.29) is 12.0 Å². The second-order valence-electron chi connectivity index (χ2n) is 6.98. The van der Waals surface area contributed by atoms with Crippen LogP contribution in [-0.2, 0) is 29.5 Å². The summed E-state index contributed by atoms with van der Waals surface area (Å²) in [6.45, 7) is 4.90. The van der Waals surface area contributed by atoms with Crippen molar-refractivity contribution in [3.63, 3.8) is 0 Å². The molecule has 0 saturated carbocycles. The van der Waals surface area contributed by atoms with E-state index in [9.17, 15) is 4.79 Å². The number of likely N-dealkylation sites (tertiary alicyclic amines) is 1. The minimum absolute atomic E-state index is 0.116. The number of furan rings is 1. The van der Waals surface area contributed by atoms with Gasteiger partial charge in [-0.25, -0.2) is 0 Å². The number of ether oxygens (including phenoxy) is 1. The summed E-state index contributed by atoms with van der Waals surface area (Å²) in [5.74, 6) is 1.20. The highest BCUT2D eigenvalue weighted by molar-refractivity contribution is 5.78. The van der Waals surface area contributed by atoms with Gasteiger partial charge in [0.15, 0.2) is 0 Å². The fourth-order valence-electron chi connectivity index (χ4n) is 3.79. The number of rotatable bonds is 4. The molecule has 0 spiro atoms. The number of nitrogens with zero attached hydrogens (tertiary/aromatic N) is 4. The van der Waals surface area contributed by atoms with Crippen molar-refractivity contribution in [3.05, 3.63) is 42.1 Å². The first-order valence-electron chi connectivity index (χ1n) is 8.79. The average molecular weight is 344 g/mol. The molecule has 0 bridgehead atoms. The van der Waals surface area contributed by atoms with E-state index in [0.717, 1.165) is 31.9 Å². The Kier molecular flexibility index (Phi) is 4.59. The summed E-state index contributed by atoms with van der Waals surface area (Å²) in [6.07, 6.45) is 6.04. The Morgan fingerprint density at radius 1 is 1.36 bits per heavy atom. The summed E-state index contributed by atoms with van der Waals surface area (Å²) in [4.78, 5) is 16.8. The molecule has 2 saturated heterocycles. The Bertz CT molecular complexity index is 712. The van der Waals surface area contributed by atoms with Gasteiger partial charge in [-0.3, -0.25) is 14.4 Å². The summed E-state index contributed by atoms with van der Waals surface area (Å²) in [7, 11) is 1.94. The van der Waals surface area contributed by atoms with Gasteiger partial charge in [-0.2, -0.15) is 5.10 Å². The number of aromatic nitrogens is 2. The highest BCUT2D eigenvalue weighted by Crippen LogP contribution is 2.25. The minimum Gasteiger partial charge on any atom is -0.469 e. The molecule has 1 amide bonds. The molecule has 7 nitrogen and oxygen atoms in total. The third-order valence-electron chi connectivity index (χ3n) is 5.04. The Labute approximate surface area is 147 Å². The van der Waals surface area contributed by atoms with E-state index in [1.807, 2.05) is 35.0 Å². The summed E-state index contributed by atoms with van der Waals surface area (Å²) < 4.78 is 13.2. The van der Waals surface area contributed by atoms with Crippen molar-refractivity contribution in [1.82, 2.24) is 19.6 Å². The molecule has 2 aliphatic rings. The summed E-state index contributed by atoms with van der Waals surface area (Å²) >= 11 is 0. The molecule has 0 radical (unpaired) electrons. The maximum atomic E-state index is 12.5. The fraction of sp³-hybridized carbons (Fsp3) is 0.556. The van der Waals surface area contributed by atoms with Crippen molar-refractivity contribution in [2.45, 2.75) is 19.1 Å². The van der Waals surface area contributed by atoms with Gasteiger partial charge in [-0.05, 0) is 12.1 Å². The summed E-state index contributed by atoms with van der Waals surface area (Å²) in [5, 5.41) is 4.24. The molecular weight excluding hydrogens is 320 g/mol. The zero-order chi connectivity index (χ0) is 17.2. The Morgan fingerprint density at radius 3 is 3.04 bits per heavy atom.